The summed E-state index contributed by atoms with van der Waals surface area (Å²) in [6.45, 7) is 5.12. The van der Waals surface area contributed by atoms with Gasteiger partial charge in [0.2, 0.25) is 5.91 Å². The topological polar surface area (TPSA) is 41.1 Å². The molecule has 0 radical (unpaired) electrons. The smallest absolute Gasteiger partial charge is 0.230 e. The van der Waals surface area contributed by atoms with Gasteiger partial charge >= 0.3 is 0 Å². The number of hydrogen-bond donors (Lipinski definition) is 2. The summed E-state index contributed by atoms with van der Waals surface area (Å²) in [7, 11) is 0. The van der Waals surface area contributed by atoms with Crippen molar-refractivity contribution in [2.45, 2.75) is 26.7 Å². The minimum atomic E-state index is -1.32. The third-order valence-electron chi connectivity index (χ3n) is 4.14. The van der Waals surface area contributed by atoms with E-state index >= 15 is 0 Å². The van der Waals surface area contributed by atoms with Gasteiger partial charge in [-0.05, 0) is 31.8 Å². The quantitative estimate of drug-likeness (QED) is 0.842. The Bertz CT molecular complexity index is 540. The van der Waals surface area contributed by atoms with Crippen LogP contribution in [0.3, 0.4) is 0 Å². The molecular weight excluding hydrogens is 281 g/mol. The molecule has 0 spiro atoms. The van der Waals surface area contributed by atoms with Crippen molar-refractivity contribution in [3.05, 3.63) is 29.6 Å². The molecule has 1 fully saturated rings. The van der Waals surface area contributed by atoms with E-state index in [4.69, 9.17) is 0 Å². The fourth-order valence-corrected chi connectivity index (χ4v) is 2.58. The number of carbonyl (C=O) groups is 1. The molecule has 1 atom stereocenters. The standard InChI is InChI=1S/C15H19F3N2O/c1-15(2,9-4-3-5-19-8-9)14(21)20-12-7-10(16)6-11(17)13(12)18/h6-7,9,19H,3-5,8H2,1-2H3,(H,20,21). The van der Waals surface area contributed by atoms with Gasteiger partial charge in [0, 0.05) is 17.5 Å². The van der Waals surface area contributed by atoms with Crippen molar-refractivity contribution in [1.29, 1.82) is 0 Å². The number of nitrogens with one attached hydrogen (secondary N) is 2. The molecule has 21 heavy (non-hydrogen) atoms. The second kappa shape index (κ2) is 6.05. The number of halogens is 3. The van der Waals surface area contributed by atoms with Gasteiger partial charge in [0.15, 0.2) is 11.6 Å². The molecule has 1 aliphatic rings. The molecule has 3 nitrogen and oxygen atoms in total. The number of piperidine rings is 1. The van der Waals surface area contributed by atoms with Crippen LogP contribution >= 0.6 is 0 Å². The molecule has 0 aromatic heterocycles. The molecule has 1 heterocycles. The second-order valence-corrected chi connectivity index (χ2v) is 5.97. The maximum Gasteiger partial charge on any atom is 0.230 e. The van der Waals surface area contributed by atoms with Crippen LogP contribution in [0.2, 0.25) is 0 Å². The van der Waals surface area contributed by atoms with Crippen LogP contribution in [-0.4, -0.2) is 19.0 Å². The van der Waals surface area contributed by atoms with E-state index < -0.39 is 34.5 Å². The maximum absolute atomic E-state index is 13.6. The Balaban J connectivity index is 2.17. The number of carbonyl (C=O) groups excluding carboxylic acids is 1. The van der Waals surface area contributed by atoms with Crippen LogP contribution in [0.15, 0.2) is 12.1 Å². The summed E-state index contributed by atoms with van der Waals surface area (Å²) in [5.74, 6) is -3.85. The van der Waals surface area contributed by atoms with E-state index in [2.05, 4.69) is 10.6 Å². The molecule has 1 amide bonds. The number of anilines is 1. The fourth-order valence-electron chi connectivity index (χ4n) is 2.58. The minimum Gasteiger partial charge on any atom is -0.323 e. The predicted octanol–water partition coefficient (Wildman–Crippen LogP) is 3.07. The van der Waals surface area contributed by atoms with Crippen LogP contribution in [-0.2, 0) is 4.79 Å². The van der Waals surface area contributed by atoms with Crippen LogP contribution in [0.5, 0.6) is 0 Å². The Morgan fingerprint density at radius 3 is 2.67 bits per heavy atom. The lowest BCUT2D eigenvalue weighted by Crippen LogP contribution is -2.45. The average molecular weight is 300 g/mol. The highest BCUT2D eigenvalue weighted by molar-refractivity contribution is 5.95. The van der Waals surface area contributed by atoms with Crippen LogP contribution in [0.4, 0.5) is 18.9 Å². The van der Waals surface area contributed by atoms with Crippen molar-refractivity contribution in [2.24, 2.45) is 11.3 Å². The Labute approximate surface area is 121 Å². The number of benzene rings is 1. The molecule has 6 heteroatoms. The number of amides is 1. The van der Waals surface area contributed by atoms with E-state index in [-0.39, 0.29) is 5.92 Å². The first-order chi connectivity index (χ1) is 9.82. The molecule has 1 saturated heterocycles. The molecule has 0 bridgehead atoms. The minimum absolute atomic E-state index is 0.0905. The first kappa shape index (κ1) is 15.8. The van der Waals surface area contributed by atoms with E-state index in [0.717, 1.165) is 25.5 Å². The molecule has 0 aliphatic carbocycles. The lowest BCUT2D eigenvalue weighted by Gasteiger charge is -2.36. The van der Waals surface area contributed by atoms with E-state index in [9.17, 15) is 18.0 Å². The summed E-state index contributed by atoms with van der Waals surface area (Å²) >= 11 is 0. The number of hydrogen-bond acceptors (Lipinski definition) is 2. The van der Waals surface area contributed by atoms with Crippen molar-refractivity contribution in [3.63, 3.8) is 0 Å². The van der Waals surface area contributed by atoms with Crippen molar-refractivity contribution in [3.8, 4) is 0 Å². The van der Waals surface area contributed by atoms with Crippen LogP contribution < -0.4 is 10.6 Å². The Kier molecular flexibility index (Phi) is 4.56. The Morgan fingerprint density at radius 1 is 1.33 bits per heavy atom. The van der Waals surface area contributed by atoms with Gasteiger partial charge in [0.25, 0.3) is 0 Å². The van der Waals surface area contributed by atoms with Gasteiger partial charge in [-0.3, -0.25) is 4.79 Å². The number of rotatable bonds is 3. The van der Waals surface area contributed by atoms with E-state index in [1.54, 1.807) is 13.8 Å². The predicted molar refractivity (Wildman–Crippen MR) is 74.3 cm³/mol. The zero-order valence-corrected chi connectivity index (χ0v) is 12.1. The highest BCUT2D eigenvalue weighted by Gasteiger charge is 2.37. The van der Waals surface area contributed by atoms with Crippen molar-refractivity contribution in [2.75, 3.05) is 18.4 Å². The summed E-state index contributed by atoms with van der Waals surface area (Å²) in [6, 6.07) is 1.23. The molecule has 2 N–H and O–H groups in total. The van der Waals surface area contributed by atoms with Crippen molar-refractivity contribution in [1.82, 2.24) is 5.32 Å². The Hall–Kier alpha value is -1.56. The molecule has 116 valence electrons. The van der Waals surface area contributed by atoms with Crippen molar-refractivity contribution < 1.29 is 18.0 Å². The van der Waals surface area contributed by atoms with Gasteiger partial charge in [0.1, 0.15) is 5.82 Å². The Morgan fingerprint density at radius 2 is 2.05 bits per heavy atom. The maximum atomic E-state index is 13.6. The summed E-state index contributed by atoms with van der Waals surface area (Å²) < 4.78 is 39.9. The highest BCUT2D eigenvalue weighted by Crippen LogP contribution is 2.33. The summed E-state index contributed by atoms with van der Waals surface area (Å²) in [4.78, 5) is 12.4. The SMILES string of the molecule is CC(C)(C(=O)Nc1cc(F)cc(F)c1F)C1CCCNC1. The molecule has 1 aromatic rings. The van der Waals surface area contributed by atoms with Gasteiger partial charge in [-0.15, -0.1) is 0 Å². The van der Waals surface area contributed by atoms with Gasteiger partial charge in [-0.1, -0.05) is 13.8 Å². The van der Waals surface area contributed by atoms with Crippen molar-refractivity contribution >= 4 is 11.6 Å². The van der Waals surface area contributed by atoms with Crippen LogP contribution in [0.1, 0.15) is 26.7 Å². The fraction of sp³-hybridized carbons (Fsp3) is 0.533. The van der Waals surface area contributed by atoms with E-state index in [0.29, 0.717) is 12.6 Å². The summed E-state index contributed by atoms with van der Waals surface area (Å²) in [5.41, 5.74) is -1.22. The van der Waals surface area contributed by atoms with Gasteiger partial charge in [-0.2, -0.15) is 0 Å². The molecule has 1 unspecified atom stereocenters. The molecule has 0 saturated carbocycles. The van der Waals surface area contributed by atoms with Crippen LogP contribution in [0.25, 0.3) is 0 Å². The first-order valence-electron chi connectivity index (χ1n) is 6.99. The van der Waals surface area contributed by atoms with Gasteiger partial charge in [0.05, 0.1) is 5.69 Å². The molecular formula is C15H19F3N2O. The van der Waals surface area contributed by atoms with Crippen LogP contribution in [0, 0.1) is 28.8 Å². The summed E-state index contributed by atoms with van der Waals surface area (Å²) in [5, 5.41) is 5.52. The zero-order chi connectivity index (χ0) is 15.6. The largest absolute Gasteiger partial charge is 0.323 e. The van der Waals surface area contributed by atoms with Gasteiger partial charge in [-0.25, -0.2) is 13.2 Å². The molecule has 2 rings (SSSR count). The lowest BCUT2D eigenvalue weighted by molar-refractivity contribution is -0.127. The average Bonchev–Trinajstić information content (AvgIpc) is 2.45. The molecule has 1 aromatic carbocycles. The zero-order valence-electron chi connectivity index (χ0n) is 12.1. The van der Waals surface area contributed by atoms with E-state index in [1.165, 1.54) is 0 Å². The summed E-state index contributed by atoms with van der Waals surface area (Å²) in [6.07, 6.45) is 1.84. The van der Waals surface area contributed by atoms with Gasteiger partial charge < -0.3 is 10.6 Å². The first-order valence-corrected chi connectivity index (χ1v) is 6.99. The normalized spacial score (nSPS) is 19.4. The second-order valence-electron chi connectivity index (χ2n) is 5.97. The third kappa shape index (κ3) is 3.37. The third-order valence-corrected chi connectivity index (χ3v) is 4.14. The van der Waals surface area contributed by atoms with E-state index in [1.807, 2.05) is 0 Å². The lowest BCUT2D eigenvalue weighted by atomic mass is 9.74. The monoisotopic (exact) mass is 300 g/mol. The molecule has 1 aliphatic heterocycles. The highest BCUT2D eigenvalue weighted by atomic mass is 19.2.